The van der Waals surface area contributed by atoms with E-state index < -0.39 is 0 Å². The van der Waals surface area contributed by atoms with E-state index in [2.05, 4.69) is 22.5 Å². The lowest BCUT2D eigenvalue weighted by molar-refractivity contribution is 0.283. The predicted octanol–water partition coefficient (Wildman–Crippen LogP) is 3.12. The molecule has 0 spiro atoms. The molecule has 1 fully saturated rings. The van der Waals surface area contributed by atoms with Crippen molar-refractivity contribution in [1.29, 1.82) is 0 Å². The van der Waals surface area contributed by atoms with Gasteiger partial charge in [-0.15, -0.1) is 0 Å². The van der Waals surface area contributed by atoms with Crippen molar-refractivity contribution < 1.29 is 0 Å². The molecular formula is C14H19N3. The summed E-state index contributed by atoms with van der Waals surface area (Å²) >= 11 is 0. The highest BCUT2D eigenvalue weighted by Crippen LogP contribution is 2.30. The second-order valence-corrected chi connectivity index (χ2v) is 5.14. The SMILES string of the molecule is Cc1nc2cc(N)ccc2n1CCC1CCC1. The fourth-order valence-corrected chi connectivity index (χ4v) is 2.64. The summed E-state index contributed by atoms with van der Waals surface area (Å²) in [6.45, 7) is 3.17. The Labute approximate surface area is 102 Å². The molecule has 3 heteroatoms. The van der Waals surface area contributed by atoms with E-state index >= 15 is 0 Å². The van der Waals surface area contributed by atoms with Crippen molar-refractivity contribution in [3.63, 3.8) is 0 Å². The van der Waals surface area contributed by atoms with Crippen LogP contribution in [-0.4, -0.2) is 9.55 Å². The van der Waals surface area contributed by atoms with Gasteiger partial charge in [-0.1, -0.05) is 19.3 Å². The second-order valence-electron chi connectivity index (χ2n) is 5.14. The van der Waals surface area contributed by atoms with E-state index in [4.69, 9.17) is 5.73 Å². The normalized spacial score (nSPS) is 16.3. The molecule has 1 aromatic heterocycles. The van der Waals surface area contributed by atoms with Gasteiger partial charge in [0.25, 0.3) is 0 Å². The molecule has 90 valence electrons. The lowest BCUT2D eigenvalue weighted by atomic mass is 9.83. The number of nitrogens with zero attached hydrogens (tertiary/aromatic N) is 2. The Balaban J connectivity index is 1.88. The summed E-state index contributed by atoms with van der Waals surface area (Å²) in [6, 6.07) is 6.01. The molecule has 2 aromatic rings. The van der Waals surface area contributed by atoms with Crippen molar-refractivity contribution in [2.75, 3.05) is 5.73 Å². The van der Waals surface area contributed by atoms with Crippen LogP contribution in [0, 0.1) is 12.8 Å². The fourth-order valence-electron chi connectivity index (χ4n) is 2.64. The Bertz CT molecular complexity index is 538. The first-order valence-electron chi connectivity index (χ1n) is 6.46. The van der Waals surface area contributed by atoms with Crippen molar-refractivity contribution in [3.8, 4) is 0 Å². The molecule has 0 radical (unpaired) electrons. The first-order valence-corrected chi connectivity index (χ1v) is 6.46. The van der Waals surface area contributed by atoms with Crippen LogP contribution in [0.5, 0.6) is 0 Å². The van der Waals surface area contributed by atoms with Crippen molar-refractivity contribution in [1.82, 2.24) is 9.55 Å². The van der Waals surface area contributed by atoms with E-state index in [1.165, 1.54) is 31.2 Å². The number of imidazole rings is 1. The van der Waals surface area contributed by atoms with Crippen LogP contribution in [0.3, 0.4) is 0 Å². The van der Waals surface area contributed by atoms with E-state index in [1.807, 2.05) is 12.1 Å². The third kappa shape index (κ3) is 1.90. The van der Waals surface area contributed by atoms with Crippen LogP contribution in [0.25, 0.3) is 11.0 Å². The first kappa shape index (κ1) is 10.6. The molecule has 17 heavy (non-hydrogen) atoms. The number of aromatic nitrogens is 2. The van der Waals surface area contributed by atoms with Gasteiger partial charge in [0.2, 0.25) is 0 Å². The summed E-state index contributed by atoms with van der Waals surface area (Å²) < 4.78 is 2.33. The summed E-state index contributed by atoms with van der Waals surface area (Å²) in [5.41, 5.74) is 8.82. The highest BCUT2D eigenvalue weighted by molar-refractivity contribution is 5.79. The molecule has 0 saturated heterocycles. The van der Waals surface area contributed by atoms with E-state index in [0.29, 0.717) is 0 Å². The Hall–Kier alpha value is -1.51. The highest BCUT2D eigenvalue weighted by Gasteiger charge is 2.18. The third-order valence-corrected chi connectivity index (χ3v) is 3.95. The minimum Gasteiger partial charge on any atom is -0.399 e. The Morgan fingerprint density at radius 2 is 2.24 bits per heavy atom. The number of hydrogen-bond acceptors (Lipinski definition) is 2. The molecular weight excluding hydrogens is 210 g/mol. The van der Waals surface area contributed by atoms with E-state index in [1.54, 1.807) is 0 Å². The van der Waals surface area contributed by atoms with Gasteiger partial charge < -0.3 is 10.3 Å². The smallest absolute Gasteiger partial charge is 0.106 e. The average molecular weight is 229 g/mol. The van der Waals surface area contributed by atoms with Gasteiger partial charge in [-0.05, 0) is 37.5 Å². The van der Waals surface area contributed by atoms with Gasteiger partial charge in [0.15, 0.2) is 0 Å². The van der Waals surface area contributed by atoms with E-state index in [0.717, 1.165) is 29.5 Å². The average Bonchev–Trinajstić information content (AvgIpc) is 2.52. The fraction of sp³-hybridized carbons (Fsp3) is 0.500. The maximum atomic E-state index is 5.79. The maximum absolute atomic E-state index is 5.79. The number of anilines is 1. The predicted molar refractivity (Wildman–Crippen MR) is 70.8 cm³/mol. The zero-order valence-corrected chi connectivity index (χ0v) is 10.3. The number of aryl methyl sites for hydroxylation is 2. The van der Waals surface area contributed by atoms with Gasteiger partial charge in [-0.2, -0.15) is 0 Å². The number of rotatable bonds is 3. The molecule has 3 rings (SSSR count). The van der Waals surface area contributed by atoms with Gasteiger partial charge in [0.1, 0.15) is 5.82 Å². The van der Waals surface area contributed by atoms with Gasteiger partial charge in [0.05, 0.1) is 11.0 Å². The first-order chi connectivity index (χ1) is 8.24. The van der Waals surface area contributed by atoms with Crippen LogP contribution >= 0.6 is 0 Å². The minimum atomic E-state index is 0.793. The van der Waals surface area contributed by atoms with Crippen molar-refractivity contribution in [2.24, 2.45) is 5.92 Å². The van der Waals surface area contributed by atoms with Crippen molar-refractivity contribution >= 4 is 16.7 Å². The topological polar surface area (TPSA) is 43.8 Å². The van der Waals surface area contributed by atoms with Crippen LogP contribution in [0.15, 0.2) is 18.2 Å². The van der Waals surface area contributed by atoms with Crippen LogP contribution in [0.2, 0.25) is 0 Å². The van der Waals surface area contributed by atoms with Gasteiger partial charge in [-0.25, -0.2) is 4.98 Å². The molecule has 1 aliphatic rings. The lowest BCUT2D eigenvalue weighted by Gasteiger charge is -2.25. The molecule has 1 aromatic carbocycles. The Morgan fingerprint density at radius 1 is 1.41 bits per heavy atom. The second kappa shape index (κ2) is 4.06. The molecule has 1 saturated carbocycles. The number of nitrogen functional groups attached to an aromatic ring is 1. The van der Waals surface area contributed by atoms with Gasteiger partial charge >= 0.3 is 0 Å². The molecule has 0 unspecified atom stereocenters. The molecule has 1 aliphatic carbocycles. The summed E-state index contributed by atoms with van der Waals surface area (Å²) in [4.78, 5) is 4.58. The number of benzene rings is 1. The van der Waals surface area contributed by atoms with Crippen molar-refractivity contribution in [3.05, 3.63) is 24.0 Å². The van der Waals surface area contributed by atoms with Crippen LogP contribution in [0.4, 0.5) is 5.69 Å². The molecule has 0 amide bonds. The summed E-state index contributed by atoms with van der Waals surface area (Å²) in [5.74, 6) is 2.05. The van der Waals surface area contributed by atoms with Gasteiger partial charge in [-0.3, -0.25) is 0 Å². The standard InChI is InChI=1S/C14H19N3/c1-10-16-13-9-12(15)5-6-14(13)17(10)8-7-11-3-2-4-11/h5-6,9,11H,2-4,7-8,15H2,1H3. The minimum absolute atomic E-state index is 0.793. The molecule has 1 heterocycles. The van der Waals surface area contributed by atoms with E-state index in [9.17, 15) is 0 Å². The quantitative estimate of drug-likeness (QED) is 0.822. The summed E-state index contributed by atoms with van der Waals surface area (Å²) in [5, 5.41) is 0. The van der Waals surface area contributed by atoms with Crippen molar-refractivity contribution in [2.45, 2.75) is 39.2 Å². The molecule has 2 N–H and O–H groups in total. The summed E-state index contributed by atoms with van der Waals surface area (Å²) in [6.07, 6.45) is 5.54. The Kier molecular flexibility index (Phi) is 2.54. The highest BCUT2D eigenvalue weighted by atomic mass is 15.1. The largest absolute Gasteiger partial charge is 0.399 e. The van der Waals surface area contributed by atoms with Crippen LogP contribution < -0.4 is 5.73 Å². The number of nitrogens with two attached hydrogens (primary N) is 1. The van der Waals surface area contributed by atoms with Crippen LogP contribution in [0.1, 0.15) is 31.5 Å². The molecule has 0 bridgehead atoms. The number of fused-ring (bicyclic) bond motifs is 1. The monoisotopic (exact) mass is 229 g/mol. The Morgan fingerprint density at radius 3 is 2.94 bits per heavy atom. The number of hydrogen-bond donors (Lipinski definition) is 1. The third-order valence-electron chi connectivity index (χ3n) is 3.95. The zero-order valence-electron chi connectivity index (χ0n) is 10.3. The maximum Gasteiger partial charge on any atom is 0.106 e. The summed E-state index contributed by atoms with van der Waals surface area (Å²) in [7, 11) is 0. The zero-order chi connectivity index (χ0) is 11.8. The molecule has 0 aliphatic heterocycles. The molecule has 0 atom stereocenters. The van der Waals surface area contributed by atoms with Crippen LogP contribution in [-0.2, 0) is 6.54 Å². The molecule has 3 nitrogen and oxygen atoms in total. The van der Waals surface area contributed by atoms with Gasteiger partial charge in [0, 0.05) is 12.2 Å². The lowest BCUT2D eigenvalue weighted by Crippen LogP contribution is -2.14. The van der Waals surface area contributed by atoms with E-state index in [-0.39, 0.29) is 0 Å².